The van der Waals surface area contributed by atoms with Crippen LogP contribution in [0.4, 0.5) is 0 Å². The van der Waals surface area contributed by atoms with E-state index in [1.54, 1.807) is 0 Å². The summed E-state index contributed by atoms with van der Waals surface area (Å²) in [6.07, 6.45) is 0. The van der Waals surface area contributed by atoms with Crippen LogP contribution in [0.5, 0.6) is 0 Å². The minimum Gasteiger partial charge on any atom is -0.461 e. The molecule has 0 bridgehead atoms. The molecule has 0 spiro atoms. The molecule has 134 valence electrons. The van der Waals surface area contributed by atoms with Gasteiger partial charge in [0.05, 0.1) is 26.4 Å². The molecule has 0 unspecified atom stereocenters. The molecule has 6 nitrogen and oxygen atoms in total. The Morgan fingerprint density at radius 2 is 1.68 bits per heavy atom. The van der Waals surface area contributed by atoms with Crippen molar-refractivity contribution in [2.24, 2.45) is 5.73 Å². The summed E-state index contributed by atoms with van der Waals surface area (Å²) >= 11 is 0. The van der Waals surface area contributed by atoms with E-state index in [-0.39, 0.29) is 5.63 Å². The fraction of sp³-hybridized carbons (Fsp3) is 0.421. The zero-order valence-corrected chi connectivity index (χ0v) is 14.8. The number of hydrogen-bond donors (Lipinski definition) is 1. The maximum Gasteiger partial charge on any atom is 0.336 e. The molecule has 0 saturated heterocycles. The fourth-order valence-electron chi connectivity index (χ4n) is 3.01. The van der Waals surface area contributed by atoms with Gasteiger partial charge in [0.15, 0.2) is 0 Å². The van der Waals surface area contributed by atoms with Crippen LogP contribution in [0.25, 0.3) is 21.9 Å². The zero-order valence-electron chi connectivity index (χ0n) is 14.8. The summed E-state index contributed by atoms with van der Waals surface area (Å²) in [5, 5.41) is 1.90. The molecule has 0 aliphatic rings. The van der Waals surface area contributed by atoms with Crippen LogP contribution in [0.2, 0.25) is 0 Å². The third-order valence-electron chi connectivity index (χ3n) is 4.31. The van der Waals surface area contributed by atoms with Crippen molar-refractivity contribution < 1.29 is 18.3 Å². The predicted molar refractivity (Wildman–Crippen MR) is 96.0 cm³/mol. The van der Waals surface area contributed by atoms with Crippen molar-refractivity contribution in [3.63, 3.8) is 0 Å². The van der Waals surface area contributed by atoms with Gasteiger partial charge in [0.2, 0.25) is 0 Å². The first-order chi connectivity index (χ1) is 12.0. The molecule has 0 amide bonds. The van der Waals surface area contributed by atoms with Gasteiger partial charge in [0.25, 0.3) is 0 Å². The largest absolute Gasteiger partial charge is 0.461 e. The van der Waals surface area contributed by atoms with Crippen molar-refractivity contribution >= 4 is 21.9 Å². The monoisotopic (exact) mass is 345 g/mol. The standard InChI is InChI=1S/C19H23NO5/c1-11-8-17(21)25-18-12(2)19-15(9-14(11)18)16(13(3)24-19)10-23-7-6-22-5-4-20/h8-9H,4-7,10,20H2,1-3H3. The maximum atomic E-state index is 11.7. The summed E-state index contributed by atoms with van der Waals surface area (Å²) in [4.78, 5) is 11.7. The van der Waals surface area contributed by atoms with Crippen molar-refractivity contribution in [1.82, 2.24) is 0 Å². The molecule has 6 heteroatoms. The van der Waals surface area contributed by atoms with E-state index in [0.717, 1.165) is 38.8 Å². The highest BCUT2D eigenvalue weighted by atomic mass is 16.5. The van der Waals surface area contributed by atoms with E-state index in [9.17, 15) is 4.79 Å². The molecule has 3 aromatic rings. The summed E-state index contributed by atoms with van der Waals surface area (Å²) in [6.45, 7) is 8.21. The smallest absolute Gasteiger partial charge is 0.336 e. The summed E-state index contributed by atoms with van der Waals surface area (Å²) in [6, 6.07) is 3.52. The van der Waals surface area contributed by atoms with Gasteiger partial charge in [-0.05, 0) is 32.4 Å². The molecule has 2 N–H and O–H groups in total. The van der Waals surface area contributed by atoms with Gasteiger partial charge in [-0.25, -0.2) is 4.79 Å². The number of hydrogen-bond acceptors (Lipinski definition) is 6. The third-order valence-corrected chi connectivity index (χ3v) is 4.31. The molecule has 0 fully saturated rings. The molecule has 2 heterocycles. The van der Waals surface area contributed by atoms with Crippen molar-refractivity contribution in [2.75, 3.05) is 26.4 Å². The van der Waals surface area contributed by atoms with Crippen LogP contribution in [0.1, 0.15) is 22.5 Å². The topological polar surface area (TPSA) is 87.8 Å². The van der Waals surface area contributed by atoms with E-state index in [4.69, 9.17) is 24.0 Å². The maximum absolute atomic E-state index is 11.7. The highest BCUT2D eigenvalue weighted by molar-refractivity contribution is 5.99. The Morgan fingerprint density at radius 1 is 0.960 bits per heavy atom. The van der Waals surface area contributed by atoms with E-state index in [2.05, 4.69) is 0 Å². The van der Waals surface area contributed by atoms with Crippen LogP contribution >= 0.6 is 0 Å². The van der Waals surface area contributed by atoms with Gasteiger partial charge in [0.1, 0.15) is 16.9 Å². The Kier molecular flexibility index (Phi) is 5.22. The second-order valence-corrected chi connectivity index (χ2v) is 6.09. The van der Waals surface area contributed by atoms with E-state index < -0.39 is 0 Å². The first-order valence-electron chi connectivity index (χ1n) is 8.34. The van der Waals surface area contributed by atoms with Crippen LogP contribution in [0.3, 0.4) is 0 Å². The SMILES string of the molecule is Cc1oc2c(C)c3oc(=O)cc(C)c3cc2c1COCCOCCN. The lowest BCUT2D eigenvalue weighted by Crippen LogP contribution is -2.12. The average Bonchev–Trinajstić information content (AvgIpc) is 2.88. The summed E-state index contributed by atoms with van der Waals surface area (Å²) in [7, 11) is 0. The van der Waals surface area contributed by atoms with Gasteiger partial charge in [0, 0.05) is 34.5 Å². The number of ether oxygens (including phenoxy) is 2. The molecule has 3 rings (SSSR count). The van der Waals surface area contributed by atoms with Crippen LogP contribution in [-0.4, -0.2) is 26.4 Å². The molecule has 0 atom stereocenters. The van der Waals surface area contributed by atoms with Crippen LogP contribution in [0, 0.1) is 20.8 Å². The second kappa shape index (κ2) is 7.39. The summed E-state index contributed by atoms with van der Waals surface area (Å²) in [5.41, 5.74) is 9.06. The van der Waals surface area contributed by atoms with E-state index in [1.807, 2.05) is 26.8 Å². The predicted octanol–water partition coefficient (Wildman–Crippen LogP) is 2.96. The molecule has 0 aliphatic carbocycles. The third kappa shape index (κ3) is 3.46. The van der Waals surface area contributed by atoms with E-state index in [1.165, 1.54) is 6.07 Å². The van der Waals surface area contributed by atoms with Crippen LogP contribution in [-0.2, 0) is 16.1 Å². The van der Waals surface area contributed by atoms with Gasteiger partial charge >= 0.3 is 5.63 Å². The van der Waals surface area contributed by atoms with E-state index in [0.29, 0.717) is 38.6 Å². The summed E-state index contributed by atoms with van der Waals surface area (Å²) in [5.74, 6) is 0.802. The molecular formula is C19H23NO5. The number of aryl methyl sites for hydroxylation is 3. The second-order valence-electron chi connectivity index (χ2n) is 6.09. The lowest BCUT2D eigenvalue weighted by Gasteiger charge is -2.06. The molecular weight excluding hydrogens is 322 g/mol. The lowest BCUT2D eigenvalue weighted by atomic mass is 10.0. The molecule has 0 aliphatic heterocycles. The van der Waals surface area contributed by atoms with Crippen molar-refractivity contribution in [1.29, 1.82) is 0 Å². The average molecular weight is 345 g/mol. The number of nitrogens with two attached hydrogens (primary N) is 1. The fourth-order valence-corrected chi connectivity index (χ4v) is 3.01. The Morgan fingerprint density at radius 3 is 2.44 bits per heavy atom. The normalized spacial score (nSPS) is 11.7. The van der Waals surface area contributed by atoms with Crippen molar-refractivity contribution in [2.45, 2.75) is 27.4 Å². The first-order valence-corrected chi connectivity index (χ1v) is 8.34. The lowest BCUT2D eigenvalue weighted by molar-refractivity contribution is 0.0433. The van der Waals surface area contributed by atoms with E-state index >= 15 is 0 Å². The zero-order chi connectivity index (χ0) is 18.0. The number of fused-ring (bicyclic) bond motifs is 2. The van der Waals surface area contributed by atoms with Gasteiger partial charge < -0.3 is 24.0 Å². The summed E-state index contributed by atoms with van der Waals surface area (Å²) < 4.78 is 22.3. The van der Waals surface area contributed by atoms with Crippen LogP contribution < -0.4 is 11.4 Å². The van der Waals surface area contributed by atoms with Gasteiger partial charge in [-0.1, -0.05) is 0 Å². The number of furan rings is 1. The Hall–Kier alpha value is -2.15. The van der Waals surface area contributed by atoms with Crippen LogP contribution in [0.15, 0.2) is 25.8 Å². The highest BCUT2D eigenvalue weighted by Crippen LogP contribution is 2.34. The molecule has 25 heavy (non-hydrogen) atoms. The molecule has 0 saturated carbocycles. The van der Waals surface area contributed by atoms with Crippen molar-refractivity contribution in [3.05, 3.63) is 45.0 Å². The minimum atomic E-state index is -0.350. The van der Waals surface area contributed by atoms with Gasteiger partial charge in [-0.2, -0.15) is 0 Å². The number of benzene rings is 1. The molecule has 1 aromatic carbocycles. The quantitative estimate of drug-likeness (QED) is 0.523. The Balaban J connectivity index is 1.94. The Bertz CT molecular complexity index is 954. The molecule has 2 aromatic heterocycles. The van der Waals surface area contributed by atoms with Gasteiger partial charge in [-0.3, -0.25) is 0 Å². The first kappa shape index (κ1) is 17.7. The van der Waals surface area contributed by atoms with Gasteiger partial charge in [-0.15, -0.1) is 0 Å². The number of rotatable bonds is 7. The highest BCUT2D eigenvalue weighted by Gasteiger charge is 2.17. The van der Waals surface area contributed by atoms with Crippen molar-refractivity contribution in [3.8, 4) is 0 Å². The molecule has 0 radical (unpaired) electrons. The minimum absolute atomic E-state index is 0.350. The Labute approximate surface area is 145 Å².